The number of ether oxygens (including phenoxy) is 2. The number of para-hydroxylation sites is 1. The van der Waals surface area contributed by atoms with E-state index >= 15 is 0 Å². The lowest BCUT2D eigenvalue weighted by molar-refractivity contribution is -0.384. The molecule has 0 fully saturated rings. The van der Waals surface area contributed by atoms with Crippen molar-refractivity contribution in [2.45, 2.75) is 13.0 Å². The van der Waals surface area contributed by atoms with Crippen molar-refractivity contribution >= 4 is 34.2 Å². The van der Waals surface area contributed by atoms with Crippen LogP contribution in [0.4, 0.5) is 11.4 Å². The minimum Gasteiger partial charge on any atom is -0.494 e. The van der Waals surface area contributed by atoms with Gasteiger partial charge in [-0.25, -0.2) is 4.79 Å². The lowest BCUT2D eigenvalue weighted by atomic mass is 10.2. The van der Waals surface area contributed by atoms with Crippen molar-refractivity contribution in [3.8, 4) is 5.75 Å². The lowest BCUT2D eigenvalue weighted by Crippen LogP contribution is -2.30. The van der Waals surface area contributed by atoms with Crippen LogP contribution in [0, 0.1) is 10.1 Å². The molecule has 9 nitrogen and oxygen atoms in total. The van der Waals surface area contributed by atoms with Crippen molar-refractivity contribution in [3.63, 3.8) is 0 Å². The maximum atomic E-state index is 12.4. The molecule has 0 bridgehead atoms. The number of anilines is 1. The fourth-order valence-electron chi connectivity index (χ4n) is 2.59. The largest absolute Gasteiger partial charge is 0.494 e. The topological polar surface area (TPSA) is 124 Å². The number of aromatic nitrogens is 1. The van der Waals surface area contributed by atoms with Gasteiger partial charge in [0.05, 0.1) is 23.8 Å². The van der Waals surface area contributed by atoms with Gasteiger partial charge in [0.25, 0.3) is 11.6 Å². The second-order valence-corrected chi connectivity index (χ2v) is 5.95. The van der Waals surface area contributed by atoms with E-state index in [1.54, 1.807) is 6.07 Å². The molecule has 1 amide bonds. The molecule has 2 aromatic carbocycles. The zero-order chi connectivity index (χ0) is 20.3. The molecule has 144 valence electrons. The number of nitrogens with zero attached hydrogens (tertiary/aromatic N) is 1. The monoisotopic (exact) mass is 383 g/mol. The molecule has 0 aliphatic rings. The molecule has 0 aliphatic heterocycles. The smallest absolute Gasteiger partial charge is 0.355 e. The van der Waals surface area contributed by atoms with Crippen molar-refractivity contribution in [1.29, 1.82) is 0 Å². The lowest BCUT2D eigenvalue weighted by Gasteiger charge is -2.14. The molecule has 0 unspecified atom stereocenters. The number of nitrogens with one attached hydrogen (secondary N) is 2. The van der Waals surface area contributed by atoms with Crippen LogP contribution in [-0.2, 0) is 9.53 Å². The van der Waals surface area contributed by atoms with E-state index in [0.29, 0.717) is 0 Å². The second kappa shape index (κ2) is 7.78. The SMILES string of the molecule is COc1cc([N+](=O)[O-])ccc1NC(=O)[C@H](C)OC(=O)c1cc2ccccc2[nH]1. The summed E-state index contributed by atoms with van der Waals surface area (Å²) in [5, 5.41) is 14.2. The Labute approximate surface area is 159 Å². The molecule has 9 heteroatoms. The quantitative estimate of drug-likeness (QED) is 0.382. The highest BCUT2D eigenvalue weighted by molar-refractivity contribution is 5.99. The van der Waals surface area contributed by atoms with Gasteiger partial charge in [0.2, 0.25) is 0 Å². The highest BCUT2D eigenvalue weighted by atomic mass is 16.6. The van der Waals surface area contributed by atoms with Gasteiger partial charge in [0.15, 0.2) is 6.10 Å². The summed E-state index contributed by atoms with van der Waals surface area (Å²) in [7, 11) is 1.33. The summed E-state index contributed by atoms with van der Waals surface area (Å²) in [5.41, 5.74) is 1.07. The first-order chi connectivity index (χ1) is 13.4. The van der Waals surface area contributed by atoms with Crippen molar-refractivity contribution in [2.75, 3.05) is 12.4 Å². The molecule has 1 aromatic heterocycles. The van der Waals surface area contributed by atoms with Gasteiger partial charge in [0, 0.05) is 17.0 Å². The number of esters is 1. The Bertz CT molecular complexity index is 1030. The van der Waals surface area contributed by atoms with Gasteiger partial charge < -0.3 is 19.8 Å². The predicted molar refractivity (Wildman–Crippen MR) is 101 cm³/mol. The van der Waals surface area contributed by atoms with Gasteiger partial charge in [-0.2, -0.15) is 0 Å². The van der Waals surface area contributed by atoms with Crippen LogP contribution in [0.25, 0.3) is 10.9 Å². The van der Waals surface area contributed by atoms with Crippen molar-refractivity contribution in [1.82, 2.24) is 4.98 Å². The number of benzene rings is 2. The number of hydrogen-bond acceptors (Lipinski definition) is 6. The number of rotatable bonds is 6. The number of nitro benzene ring substituents is 1. The van der Waals surface area contributed by atoms with Crippen molar-refractivity contribution in [2.24, 2.45) is 0 Å². The molecule has 28 heavy (non-hydrogen) atoms. The number of aromatic amines is 1. The second-order valence-electron chi connectivity index (χ2n) is 5.95. The standard InChI is InChI=1S/C19H17N3O6/c1-11(28-19(24)16-9-12-5-3-4-6-14(12)20-16)18(23)21-15-8-7-13(22(25)26)10-17(15)27-2/h3-11,20H,1-2H3,(H,21,23)/t11-/m0/s1. The Balaban J connectivity index is 1.69. The third-order valence-electron chi connectivity index (χ3n) is 4.06. The van der Waals surface area contributed by atoms with Gasteiger partial charge in [-0.15, -0.1) is 0 Å². The van der Waals surface area contributed by atoms with Crippen LogP contribution in [0.1, 0.15) is 17.4 Å². The van der Waals surface area contributed by atoms with E-state index < -0.39 is 22.9 Å². The number of carbonyl (C=O) groups is 2. The van der Waals surface area contributed by atoms with Gasteiger partial charge in [-0.3, -0.25) is 14.9 Å². The molecule has 0 saturated heterocycles. The summed E-state index contributed by atoms with van der Waals surface area (Å²) in [6.07, 6.45) is -1.10. The average molecular weight is 383 g/mol. The third-order valence-corrected chi connectivity index (χ3v) is 4.06. The number of nitro groups is 1. The molecular formula is C19H17N3O6. The Hall–Kier alpha value is -3.88. The van der Waals surface area contributed by atoms with E-state index in [9.17, 15) is 19.7 Å². The number of non-ortho nitro benzene ring substituents is 1. The molecule has 3 aromatic rings. The van der Waals surface area contributed by atoms with Crippen LogP contribution in [-0.4, -0.2) is 35.0 Å². The van der Waals surface area contributed by atoms with Gasteiger partial charge in [-0.1, -0.05) is 18.2 Å². The van der Waals surface area contributed by atoms with Crippen LogP contribution in [0.5, 0.6) is 5.75 Å². The molecule has 2 N–H and O–H groups in total. The Morgan fingerprint density at radius 2 is 1.93 bits per heavy atom. The van der Waals surface area contributed by atoms with E-state index in [4.69, 9.17) is 9.47 Å². The van der Waals surface area contributed by atoms with E-state index in [1.165, 1.54) is 32.2 Å². The maximum absolute atomic E-state index is 12.4. The zero-order valence-electron chi connectivity index (χ0n) is 15.1. The third kappa shape index (κ3) is 3.93. The highest BCUT2D eigenvalue weighted by Crippen LogP contribution is 2.29. The number of fused-ring (bicyclic) bond motifs is 1. The number of methoxy groups -OCH3 is 1. The van der Waals surface area contributed by atoms with Gasteiger partial charge in [0.1, 0.15) is 11.4 Å². The number of hydrogen-bond donors (Lipinski definition) is 2. The maximum Gasteiger partial charge on any atom is 0.355 e. The van der Waals surface area contributed by atoms with Crippen molar-refractivity contribution in [3.05, 3.63) is 64.3 Å². The Morgan fingerprint density at radius 3 is 2.61 bits per heavy atom. The molecule has 0 radical (unpaired) electrons. The summed E-state index contributed by atoms with van der Waals surface area (Å²) in [6, 6.07) is 12.8. The first-order valence-electron chi connectivity index (χ1n) is 8.31. The molecule has 0 spiro atoms. The minimum absolute atomic E-state index is 0.122. The van der Waals surface area contributed by atoms with E-state index in [1.807, 2.05) is 24.3 Å². The van der Waals surface area contributed by atoms with Crippen molar-refractivity contribution < 1.29 is 24.0 Å². The van der Waals surface area contributed by atoms with Crippen LogP contribution in [0.3, 0.4) is 0 Å². The summed E-state index contributed by atoms with van der Waals surface area (Å²) in [6.45, 7) is 1.42. The van der Waals surface area contributed by atoms with E-state index in [-0.39, 0.29) is 22.8 Å². The van der Waals surface area contributed by atoms with Gasteiger partial charge in [-0.05, 0) is 25.1 Å². The molecule has 1 atom stereocenters. The molecule has 0 aliphatic carbocycles. The first-order valence-corrected chi connectivity index (χ1v) is 8.31. The Morgan fingerprint density at radius 1 is 1.18 bits per heavy atom. The molecule has 3 rings (SSSR count). The fraction of sp³-hybridized carbons (Fsp3) is 0.158. The van der Waals surface area contributed by atoms with Crippen LogP contribution < -0.4 is 10.1 Å². The molecular weight excluding hydrogens is 366 g/mol. The zero-order valence-corrected chi connectivity index (χ0v) is 15.1. The molecule has 1 heterocycles. The summed E-state index contributed by atoms with van der Waals surface area (Å²) >= 11 is 0. The summed E-state index contributed by atoms with van der Waals surface area (Å²) in [5.74, 6) is -1.15. The number of carbonyl (C=O) groups excluding carboxylic acids is 2. The van der Waals surface area contributed by atoms with E-state index in [2.05, 4.69) is 10.3 Å². The van der Waals surface area contributed by atoms with E-state index in [0.717, 1.165) is 10.9 Å². The van der Waals surface area contributed by atoms with Crippen LogP contribution in [0.15, 0.2) is 48.5 Å². The first kappa shape index (κ1) is 18.9. The van der Waals surface area contributed by atoms with Gasteiger partial charge >= 0.3 is 5.97 Å². The summed E-state index contributed by atoms with van der Waals surface area (Å²) in [4.78, 5) is 37.8. The average Bonchev–Trinajstić information content (AvgIpc) is 3.12. The van der Waals surface area contributed by atoms with Crippen LogP contribution >= 0.6 is 0 Å². The minimum atomic E-state index is -1.10. The van der Waals surface area contributed by atoms with Crippen LogP contribution in [0.2, 0.25) is 0 Å². The fourth-order valence-corrected chi connectivity index (χ4v) is 2.59. The normalized spacial score (nSPS) is 11.6. The molecule has 0 saturated carbocycles. The number of H-pyrrole nitrogens is 1. The summed E-state index contributed by atoms with van der Waals surface area (Å²) < 4.78 is 10.3. The number of amides is 1. The Kier molecular flexibility index (Phi) is 5.25. The predicted octanol–water partition coefficient (Wildman–Crippen LogP) is 3.27. The highest BCUT2D eigenvalue weighted by Gasteiger charge is 2.22.